The van der Waals surface area contributed by atoms with Crippen LogP contribution in [0, 0.1) is 0 Å². The molecule has 0 fully saturated rings. The maximum Gasteiger partial charge on any atom is 0.0554 e. The molecule has 0 spiro atoms. The first-order valence-electron chi connectivity index (χ1n) is 7.16. The molecule has 1 unspecified atom stereocenters. The van der Waals surface area contributed by atoms with E-state index in [9.17, 15) is 0 Å². The van der Waals surface area contributed by atoms with Crippen LogP contribution in [0.4, 0.5) is 0 Å². The molecule has 1 aromatic rings. The van der Waals surface area contributed by atoms with Gasteiger partial charge in [0.1, 0.15) is 0 Å². The van der Waals surface area contributed by atoms with Crippen LogP contribution in [0.1, 0.15) is 51.8 Å². The van der Waals surface area contributed by atoms with Crippen LogP contribution in [0.3, 0.4) is 0 Å². The summed E-state index contributed by atoms with van der Waals surface area (Å²) in [5, 5.41) is 7.99. The predicted octanol–water partition coefficient (Wildman–Crippen LogP) is 2.76. The molecule has 0 aliphatic heterocycles. The first kappa shape index (κ1) is 15.2. The number of rotatable bonds is 10. The highest BCUT2D eigenvalue weighted by atomic mass is 16.5. The molecule has 0 saturated heterocycles. The summed E-state index contributed by atoms with van der Waals surface area (Å²) in [5.41, 5.74) is 1.28. The molecular weight excluding hydrogens is 226 g/mol. The van der Waals surface area contributed by atoms with Crippen molar-refractivity contribution in [1.29, 1.82) is 0 Å². The Morgan fingerprint density at radius 3 is 2.83 bits per heavy atom. The standard InChI is InChI=1S/C14H27N3O/c1-4-9-15-13(8-12-18-6-3)14-7-10-16-17(14)11-5-2/h7,10,13,15H,4-6,8-9,11-12H2,1-3H3. The van der Waals surface area contributed by atoms with Gasteiger partial charge in [-0.1, -0.05) is 13.8 Å². The Balaban J connectivity index is 2.63. The second-order valence-electron chi connectivity index (χ2n) is 4.47. The first-order chi connectivity index (χ1) is 8.83. The average molecular weight is 253 g/mol. The van der Waals surface area contributed by atoms with Crippen molar-refractivity contribution in [3.63, 3.8) is 0 Å². The minimum atomic E-state index is 0.352. The van der Waals surface area contributed by atoms with Crippen molar-refractivity contribution < 1.29 is 4.74 Å². The monoisotopic (exact) mass is 253 g/mol. The molecule has 0 bridgehead atoms. The third kappa shape index (κ3) is 4.78. The number of ether oxygens (including phenoxy) is 1. The lowest BCUT2D eigenvalue weighted by Crippen LogP contribution is -2.26. The van der Waals surface area contributed by atoms with Crippen molar-refractivity contribution >= 4 is 0 Å². The van der Waals surface area contributed by atoms with Crippen LogP contribution in [0.2, 0.25) is 0 Å². The van der Waals surface area contributed by atoms with Crippen molar-refractivity contribution in [1.82, 2.24) is 15.1 Å². The molecule has 0 aliphatic carbocycles. The highest BCUT2D eigenvalue weighted by Gasteiger charge is 2.14. The minimum absolute atomic E-state index is 0.352. The molecule has 1 N–H and O–H groups in total. The van der Waals surface area contributed by atoms with E-state index in [-0.39, 0.29) is 0 Å². The van der Waals surface area contributed by atoms with Gasteiger partial charge in [-0.25, -0.2) is 0 Å². The van der Waals surface area contributed by atoms with Crippen LogP contribution >= 0.6 is 0 Å². The average Bonchev–Trinajstić information content (AvgIpc) is 2.82. The number of nitrogens with zero attached hydrogens (tertiary/aromatic N) is 2. The van der Waals surface area contributed by atoms with Gasteiger partial charge in [-0.2, -0.15) is 5.10 Å². The Bertz CT molecular complexity index is 312. The fourth-order valence-corrected chi connectivity index (χ4v) is 2.06. The summed E-state index contributed by atoms with van der Waals surface area (Å²) in [6.07, 6.45) is 5.16. The topological polar surface area (TPSA) is 39.1 Å². The summed E-state index contributed by atoms with van der Waals surface area (Å²) in [6.45, 7) is 10.0. The van der Waals surface area contributed by atoms with Crippen molar-refractivity contribution in [2.75, 3.05) is 19.8 Å². The minimum Gasteiger partial charge on any atom is -0.382 e. The van der Waals surface area contributed by atoms with E-state index in [0.29, 0.717) is 6.04 Å². The molecule has 1 heterocycles. The molecule has 0 aliphatic rings. The molecule has 4 nitrogen and oxygen atoms in total. The van der Waals surface area contributed by atoms with Gasteiger partial charge < -0.3 is 10.1 Å². The molecule has 18 heavy (non-hydrogen) atoms. The first-order valence-corrected chi connectivity index (χ1v) is 7.16. The van der Waals surface area contributed by atoms with Crippen LogP contribution in [0.25, 0.3) is 0 Å². The smallest absolute Gasteiger partial charge is 0.0554 e. The van der Waals surface area contributed by atoms with E-state index in [0.717, 1.165) is 45.6 Å². The Morgan fingerprint density at radius 1 is 1.33 bits per heavy atom. The van der Waals surface area contributed by atoms with Gasteiger partial charge in [-0.05, 0) is 38.8 Å². The fourth-order valence-electron chi connectivity index (χ4n) is 2.06. The Kier molecular flexibility index (Phi) is 7.69. The van der Waals surface area contributed by atoms with Crippen LogP contribution in [-0.2, 0) is 11.3 Å². The normalized spacial score (nSPS) is 12.8. The van der Waals surface area contributed by atoms with Crippen molar-refractivity contribution in [3.05, 3.63) is 18.0 Å². The molecule has 0 saturated carbocycles. The van der Waals surface area contributed by atoms with E-state index in [2.05, 4.69) is 35.0 Å². The summed E-state index contributed by atoms with van der Waals surface area (Å²) in [4.78, 5) is 0. The van der Waals surface area contributed by atoms with E-state index in [4.69, 9.17) is 4.74 Å². The lowest BCUT2D eigenvalue weighted by atomic mass is 10.1. The number of hydrogen-bond acceptors (Lipinski definition) is 3. The summed E-state index contributed by atoms with van der Waals surface area (Å²) >= 11 is 0. The lowest BCUT2D eigenvalue weighted by molar-refractivity contribution is 0.135. The predicted molar refractivity (Wildman–Crippen MR) is 74.7 cm³/mol. The Morgan fingerprint density at radius 2 is 2.17 bits per heavy atom. The number of aryl methyl sites for hydroxylation is 1. The molecule has 4 heteroatoms. The molecule has 0 radical (unpaired) electrons. The molecular formula is C14H27N3O. The SMILES string of the molecule is CCCNC(CCOCC)c1ccnn1CCC. The highest BCUT2D eigenvalue weighted by Crippen LogP contribution is 2.17. The number of aromatic nitrogens is 2. The van der Waals surface area contributed by atoms with E-state index in [1.807, 2.05) is 13.1 Å². The van der Waals surface area contributed by atoms with Crippen LogP contribution in [0.5, 0.6) is 0 Å². The van der Waals surface area contributed by atoms with Crippen LogP contribution < -0.4 is 5.32 Å². The maximum absolute atomic E-state index is 5.47. The molecule has 1 atom stereocenters. The third-order valence-corrected chi connectivity index (χ3v) is 2.94. The van der Waals surface area contributed by atoms with E-state index < -0.39 is 0 Å². The lowest BCUT2D eigenvalue weighted by Gasteiger charge is -2.20. The van der Waals surface area contributed by atoms with E-state index >= 15 is 0 Å². The molecule has 1 aromatic heterocycles. The van der Waals surface area contributed by atoms with E-state index in [1.54, 1.807) is 0 Å². The van der Waals surface area contributed by atoms with Gasteiger partial charge >= 0.3 is 0 Å². The number of nitrogens with one attached hydrogen (secondary N) is 1. The molecule has 1 rings (SSSR count). The number of hydrogen-bond donors (Lipinski definition) is 1. The maximum atomic E-state index is 5.47. The third-order valence-electron chi connectivity index (χ3n) is 2.94. The van der Waals surface area contributed by atoms with Gasteiger partial charge in [-0.15, -0.1) is 0 Å². The molecule has 0 amide bonds. The summed E-state index contributed by atoms with van der Waals surface area (Å²) < 4.78 is 7.58. The van der Waals surface area contributed by atoms with Crippen molar-refractivity contribution in [3.8, 4) is 0 Å². The van der Waals surface area contributed by atoms with Gasteiger partial charge in [0, 0.05) is 26.0 Å². The summed E-state index contributed by atoms with van der Waals surface area (Å²) in [7, 11) is 0. The highest BCUT2D eigenvalue weighted by molar-refractivity contribution is 5.07. The van der Waals surface area contributed by atoms with Gasteiger partial charge in [0.25, 0.3) is 0 Å². The Hall–Kier alpha value is -0.870. The zero-order valence-corrected chi connectivity index (χ0v) is 12.0. The van der Waals surface area contributed by atoms with Gasteiger partial charge in [0.2, 0.25) is 0 Å². The molecule has 104 valence electrons. The van der Waals surface area contributed by atoms with Crippen LogP contribution in [-0.4, -0.2) is 29.5 Å². The quantitative estimate of drug-likeness (QED) is 0.652. The fraction of sp³-hybridized carbons (Fsp3) is 0.786. The Labute approximate surface area is 111 Å². The largest absolute Gasteiger partial charge is 0.382 e. The summed E-state index contributed by atoms with van der Waals surface area (Å²) in [5.74, 6) is 0. The molecule has 0 aromatic carbocycles. The second kappa shape index (κ2) is 9.11. The van der Waals surface area contributed by atoms with Gasteiger partial charge in [0.15, 0.2) is 0 Å². The van der Waals surface area contributed by atoms with Gasteiger partial charge in [0.05, 0.1) is 11.7 Å². The van der Waals surface area contributed by atoms with Crippen LogP contribution in [0.15, 0.2) is 12.3 Å². The zero-order valence-electron chi connectivity index (χ0n) is 12.0. The summed E-state index contributed by atoms with van der Waals surface area (Å²) in [6, 6.07) is 2.47. The van der Waals surface area contributed by atoms with E-state index in [1.165, 1.54) is 5.69 Å². The van der Waals surface area contributed by atoms with Crippen molar-refractivity contribution in [2.45, 2.75) is 52.6 Å². The van der Waals surface area contributed by atoms with Gasteiger partial charge in [-0.3, -0.25) is 4.68 Å². The van der Waals surface area contributed by atoms with Crippen molar-refractivity contribution in [2.24, 2.45) is 0 Å². The second-order valence-corrected chi connectivity index (χ2v) is 4.47. The zero-order chi connectivity index (χ0) is 13.2.